The van der Waals surface area contributed by atoms with Gasteiger partial charge in [-0.2, -0.15) is 0 Å². The summed E-state index contributed by atoms with van der Waals surface area (Å²) in [7, 11) is 0. The van der Waals surface area contributed by atoms with Crippen molar-refractivity contribution in [3.63, 3.8) is 0 Å². The molecule has 0 saturated carbocycles. The number of hydrogen-bond donors (Lipinski definition) is 3. The van der Waals surface area contributed by atoms with Crippen LogP contribution in [0.15, 0.2) is 42.7 Å². The van der Waals surface area contributed by atoms with Gasteiger partial charge >= 0.3 is 0 Å². The molecule has 1 aliphatic heterocycles. The topological polar surface area (TPSA) is 92.9 Å². The third-order valence-corrected chi connectivity index (χ3v) is 5.00. The van der Waals surface area contributed by atoms with Crippen molar-refractivity contribution < 1.29 is 9.18 Å². The minimum absolute atomic E-state index is 0.0162. The number of halogens is 2. The van der Waals surface area contributed by atoms with Crippen LogP contribution in [-0.4, -0.2) is 35.0 Å². The van der Waals surface area contributed by atoms with Gasteiger partial charge in [0.15, 0.2) is 0 Å². The van der Waals surface area contributed by atoms with Gasteiger partial charge in [0.25, 0.3) is 5.91 Å². The van der Waals surface area contributed by atoms with Gasteiger partial charge in [-0.05, 0) is 35.9 Å². The fraction of sp³-hybridized carbons (Fsp3) is 0.211. The first-order valence-electron chi connectivity index (χ1n) is 8.49. The molecule has 0 unspecified atom stereocenters. The van der Waals surface area contributed by atoms with E-state index in [2.05, 4.69) is 20.6 Å². The number of anilines is 1. The molecule has 2 atom stereocenters. The molecular weight excluding hydrogens is 369 g/mol. The van der Waals surface area contributed by atoms with Gasteiger partial charge in [-0.25, -0.2) is 14.4 Å². The number of aromatic nitrogens is 2. The lowest BCUT2D eigenvalue weighted by Crippen LogP contribution is -2.28. The molecule has 3 aromatic rings. The first kappa shape index (κ1) is 17.6. The zero-order valence-electron chi connectivity index (χ0n) is 14.2. The Morgan fingerprint density at radius 1 is 1.26 bits per heavy atom. The summed E-state index contributed by atoms with van der Waals surface area (Å²) in [6.07, 6.45) is 1.40. The summed E-state index contributed by atoms with van der Waals surface area (Å²) in [5, 5.41) is 7.79. The molecule has 4 N–H and O–H groups in total. The van der Waals surface area contributed by atoms with Crippen LogP contribution in [0.3, 0.4) is 0 Å². The van der Waals surface area contributed by atoms with Crippen molar-refractivity contribution in [2.24, 2.45) is 5.73 Å². The lowest BCUT2D eigenvalue weighted by Gasteiger charge is -2.22. The van der Waals surface area contributed by atoms with E-state index in [0.29, 0.717) is 40.4 Å². The number of amides is 1. The summed E-state index contributed by atoms with van der Waals surface area (Å²) in [5.74, 6) is -0.284. The van der Waals surface area contributed by atoms with Gasteiger partial charge < -0.3 is 16.4 Å². The Morgan fingerprint density at radius 3 is 2.89 bits per heavy atom. The molecule has 0 spiro atoms. The number of nitrogens with zero attached hydrogens (tertiary/aromatic N) is 2. The van der Waals surface area contributed by atoms with E-state index in [1.807, 2.05) is 6.07 Å². The summed E-state index contributed by atoms with van der Waals surface area (Å²) >= 11 is 6.02. The monoisotopic (exact) mass is 385 g/mol. The molecule has 8 heteroatoms. The van der Waals surface area contributed by atoms with Crippen LogP contribution in [0.5, 0.6) is 0 Å². The maximum atomic E-state index is 13.8. The van der Waals surface area contributed by atoms with E-state index in [4.69, 9.17) is 17.3 Å². The number of carbonyl (C=O) groups excluding carboxylic acids is 1. The summed E-state index contributed by atoms with van der Waals surface area (Å²) in [6.45, 7) is 1.37. The second-order valence-corrected chi connectivity index (χ2v) is 6.94. The van der Waals surface area contributed by atoms with Crippen LogP contribution in [-0.2, 0) is 0 Å². The lowest BCUT2D eigenvalue weighted by atomic mass is 9.94. The molecule has 4 rings (SSSR count). The highest BCUT2D eigenvalue weighted by atomic mass is 35.5. The first-order valence-corrected chi connectivity index (χ1v) is 8.87. The van der Waals surface area contributed by atoms with E-state index < -0.39 is 5.91 Å². The summed E-state index contributed by atoms with van der Waals surface area (Å²) in [6, 6.07) is 9.75. The van der Waals surface area contributed by atoms with Crippen LogP contribution in [0.4, 0.5) is 10.2 Å². The average Bonchev–Trinajstić information content (AvgIpc) is 3.09. The molecule has 0 radical (unpaired) electrons. The maximum Gasteiger partial charge on any atom is 0.250 e. The standard InChI is InChI=1S/C19H17ClFN5O/c20-11-4-10(5-12(21)6-11)15-7-23-8-16(15)26-19-14-3-1-2-13(18(22)27)17(14)24-9-25-19/h1-6,9,15-16,23H,7-8H2,(H2,22,27)(H,24,25,26)/t15-,16+/m1/s1. The van der Waals surface area contributed by atoms with Crippen molar-refractivity contribution in [2.75, 3.05) is 18.4 Å². The molecule has 27 heavy (non-hydrogen) atoms. The van der Waals surface area contributed by atoms with Gasteiger partial charge in [0.1, 0.15) is 18.0 Å². The van der Waals surface area contributed by atoms with Gasteiger partial charge in [-0.15, -0.1) is 0 Å². The molecular formula is C19H17ClFN5O. The highest BCUT2D eigenvalue weighted by molar-refractivity contribution is 6.30. The molecule has 0 aliphatic carbocycles. The summed E-state index contributed by atoms with van der Waals surface area (Å²) < 4.78 is 13.8. The highest BCUT2D eigenvalue weighted by Gasteiger charge is 2.29. The Hall–Kier alpha value is -2.77. The molecule has 1 fully saturated rings. The van der Waals surface area contributed by atoms with E-state index >= 15 is 0 Å². The van der Waals surface area contributed by atoms with E-state index in [0.717, 1.165) is 5.56 Å². The number of benzene rings is 2. The second kappa shape index (κ2) is 7.09. The van der Waals surface area contributed by atoms with Crippen molar-refractivity contribution in [1.82, 2.24) is 15.3 Å². The Labute approximate surface area is 159 Å². The molecule has 1 aliphatic rings. The Kier molecular flexibility index (Phi) is 4.63. The van der Waals surface area contributed by atoms with Crippen molar-refractivity contribution >= 4 is 34.2 Å². The number of primary amides is 1. The quantitative estimate of drug-likeness (QED) is 0.642. The number of fused-ring (bicyclic) bond motifs is 1. The third kappa shape index (κ3) is 3.43. The van der Waals surface area contributed by atoms with E-state index in [-0.39, 0.29) is 17.8 Å². The van der Waals surface area contributed by atoms with Crippen LogP contribution < -0.4 is 16.4 Å². The molecule has 0 bridgehead atoms. The number of hydrogen-bond acceptors (Lipinski definition) is 5. The Balaban J connectivity index is 1.69. The van der Waals surface area contributed by atoms with Crippen LogP contribution in [0.2, 0.25) is 5.02 Å². The fourth-order valence-corrected chi connectivity index (χ4v) is 3.78. The molecule has 6 nitrogen and oxygen atoms in total. The van der Waals surface area contributed by atoms with Gasteiger partial charge in [0, 0.05) is 35.5 Å². The molecule has 1 aromatic heterocycles. The lowest BCUT2D eigenvalue weighted by molar-refractivity contribution is 0.100. The number of rotatable bonds is 4. The maximum absolute atomic E-state index is 13.8. The zero-order chi connectivity index (χ0) is 19.0. The number of carbonyl (C=O) groups is 1. The average molecular weight is 386 g/mol. The minimum Gasteiger partial charge on any atom is -0.366 e. The smallest absolute Gasteiger partial charge is 0.250 e. The van der Waals surface area contributed by atoms with E-state index in [1.165, 1.54) is 18.5 Å². The predicted molar refractivity (Wildman–Crippen MR) is 102 cm³/mol. The van der Waals surface area contributed by atoms with Crippen LogP contribution in [0, 0.1) is 5.82 Å². The zero-order valence-corrected chi connectivity index (χ0v) is 15.0. The van der Waals surface area contributed by atoms with Crippen LogP contribution in [0.25, 0.3) is 10.9 Å². The predicted octanol–water partition coefficient (Wildman–Crippen LogP) is 2.69. The van der Waals surface area contributed by atoms with E-state index in [9.17, 15) is 9.18 Å². The van der Waals surface area contributed by atoms with Gasteiger partial charge in [-0.3, -0.25) is 4.79 Å². The largest absolute Gasteiger partial charge is 0.366 e. The van der Waals surface area contributed by atoms with Crippen LogP contribution >= 0.6 is 11.6 Å². The number of nitrogens with two attached hydrogens (primary N) is 1. The number of nitrogens with one attached hydrogen (secondary N) is 2. The van der Waals surface area contributed by atoms with Crippen molar-refractivity contribution in [3.8, 4) is 0 Å². The van der Waals surface area contributed by atoms with E-state index in [1.54, 1.807) is 18.2 Å². The van der Waals surface area contributed by atoms with Crippen molar-refractivity contribution in [2.45, 2.75) is 12.0 Å². The van der Waals surface area contributed by atoms with Crippen LogP contribution in [0.1, 0.15) is 21.8 Å². The van der Waals surface area contributed by atoms with Crippen molar-refractivity contribution in [3.05, 3.63) is 64.7 Å². The Morgan fingerprint density at radius 2 is 2.11 bits per heavy atom. The molecule has 2 heterocycles. The summed E-state index contributed by atoms with van der Waals surface area (Å²) in [5.41, 5.74) is 7.10. The first-order chi connectivity index (χ1) is 13.0. The third-order valence-electron chi connectivity index (χ3n) is 4.78. The molecule has 2 aromatic carbocycles. The summed E-state index contributed by atoms with van der Waals surface area (Å²) in [4.78, 5) is 20.2. The highest BCUT2D eigenvalue weighted by Crippen LogP contribution is 2.30. The number of para-hydroxylation sites is 1. The molecule has 1 saturated heterocycles. The van der Waals surface area contributed by atoms with Gasteiger partial charge in [0.05, 0.1) is 11.1 Å². The SMILES string of the molecule is NC(=O)c1cccc2c(N[C@H]3CNC[C@@H]3c3cc(F)cc(Cl)c3)ncnc12. The van der Waals surface area contributed by atoms with Gasteiger partial charge in [0.2, 0.25) is 0 Å². The minimum atomic E-state index is -0.542. The molecule has 138 valence electrons. The molecule has 1 amide bonds. The fourth-order valence-electron chi connectivity index (χ4n) is 3.55. The van der Waals surface area contributed by atoms with Gasteiger partial charge in [-0.1, -0.05) is 17.7 Å². The normalized spacial score (nSPS) is 19.3. The Bertz CT molecular complexity index is 1010. The van der Waals surface area contributed by atoms with Crippen molar-refractivity contribution in [1.29, 1.82) is 0 Å². The second-order valence-electron chi connectivity index (χ2n) is 6.51.